The Bertz CT molecular complexity index is 1550. The Morgan fingerprint density at radius 2 is 1.26 bits per heavy atom. The van der Waals surface area contributed by atoms with E-state index in [0.29, 0.717) is 0 Å². The number of benzene rings is 2. The molecule has 2 aromatic carbocycles. The fourth-order valence-electron chi connectivity index (χ4n) is 6.26. The first-order chi connectivity index (χ1) is 17.1. The maximum absolute atomic E-state index is 2.56. The van der Waals surface area contributed by atoms with Crippen molar-refractivity contribution in [2.75, 3.05) is 36.0 Å². The molecule has 2 aliphatic heterocycles. The fourth-order valence-corrected chi connectivity index (χ4v) is 6.26. The van der Waals surface area contributed by atoms with Crippen LogP contribution >= 0.6 is 0 Å². The zero-order chi connectivity index (χ0) is 23.5. The third-order valence-corrected chi connectivity index (χ3v) is 8.66. The SMILES string of the molecule is CC1CCN(c2ccc3c(ccc4c[n+]5c6ccc(N7CCC(C)CC7)cc6ccc5n43)c2)CC1. The van der Waals surface area contributed by atoms with Gasteiger partial charge >= 0.3 is 0 Å². The monoisotopic (exact) mass is 463 g/mol. The number of fused-ring (bicyclic) bond motifs is 7. The van der Waals surface area contributed by atoms with E-state index in [0.717, 1.165) is 11.8 Å². The molecule has 0 radical (unpaired) electrons. The molecule has 5 aromatic rings. The molecule has 35 heavy (non-hydrogen) atoms. The summed E-state index contributed by atoms with van der Waals surface area (Å²) in [5.41, 5.74) is 7.72. The first-order valence-corrected chi connectivity index (χ1v) is 13.5. The lowest BCUT2D eigenvalue weighted by atomic mass is 9.98. The number of anilines is 2. The van der Waals surface area contributed by atoms with E-state index in [9.17, 15) is 0 Å². The second-order valence-corrected chi connectivity index (χ2v) is 11.1. The Morgan fingerprint density at radius 3 is 1.94 bits per heavy atom. The third kappa shape index (κ3) is 3.53. The van der Waals surface area contributed by atoms with Crippen molar-refractivity contribution in [2.45, 2.75) is 39.5 Å². The molecule has 7 rings (SSSR count). The van der Waals surface area contributed by atoms with Gasteiger partial charge in [-0.15, -0.1) is 0 Å². The smallest absolute Gasteiger partial charge is 0.292 e. The van der Waals surface area contributed by atoms with Crippen LogP contribution in [0.5, 0.6) is 0 Å². The second-order valence-electron chi connectivity index (χ2n) is 11.1. The number of hydrogen-bond acceptors (Lipinski definition) is 2. The van der Waals surface area contributed by atoms with Crippen LogP contribution in [0.2, 0.25) is 0 Å². The van der Waals surface area contributed by atoms with Gasteiger partial charge in [-0.1, -0.05) is 13.8 Å². The van der Waals surface area contributed by atoms with E-state index in [2.05, 4.69) is 99.3 Å². The van der Waals surface area contributed by atoms with Crippen molar-refractivity contribution in [3.63, 3.8) is 0 Å². The van der Waals surface area contributed by atoms with Gasteiger partial charge in [0, 0.05) is 54.4 Å². The summed E-state index contributed by atoms with van der Waals surface area (Å²) in [6.07, 6.45) is 7.47. The minimum absolute atomic E-state index is 0.851. The molecule has 4 heteroatoms. The Labute approximate surface area is 207 Å². The minimum atomic E-state index is 0.851. The highest BCUT2D eigenvalue weighted by molar-refractivity contribution is 5.88. The molecule has 0 atom stereocenters. The molecule has 0 aliphatic carbocycles. The third-order valence-electron chi connectivity index (χ3n) is 8.66. The summed E-state index contributed by atoms with van der Waals surface area (Å²) < 4.78 is 4.78. The Hall–Kier alpha value is -3.27. The van der Waals surface area contributed by atoms with Crippen LogP contribution < -0.4 is 14.2 Å². The van der Waals surface area contributed by atoms with Gasteiger partial charge in [0.1, 0.15) is 17.2 Å². The molecule has 3 aromatic heterocycles. The number of piperidine rings is 2. The molecule has 2 aliphatic rings. The highest BCUT2D eigenvalue weighted by atomic mass is 15.1. The molecular weight excluding hydrogens is 428 g/mol. The maximum Gasteiger partial charge on any atom is 0.292 e. The molecule has 4 nitrogen and oxygen atoms in total. The summed E-state index contributed by atoms with van der Waals surface area (Å²) in [5, 5.41) is 2.61. The number of imidazole rings is 1. The fraction of sp³-hybridized carbons (Fsp3) is 0.387. The number of hydrogen-bond donors (Lipinski definition) is 0. The summed E-state index contributed by atoms with van der Waals surface area (Å²) in [7, 11) is 0. The lowest BCUT2D eigenvalue weighted by Crippen LogP contribution is -2.32. The van der Waals surface area contributed by atoms with Gasteiger partial charge in [0.05, 0.1) is 0 Å². The van der Waals surface area contributed by atoms with Crippen molar-refractivity contribution in [3.8, 4) is 0 Å². The standard InChI is InChI=1S/C31H35N4/c1-22-11-15-32(16-12-22)26-6-8-29-24(19-26)4-10-31-34(29)21-28-5-3-25-20-27(7-9-30(25)35(28)31)33-17-13-23(2)14-18-33/h3-10,19-23H,11-18H2,1-2H3/q+1. The zero-order valence-corrected chi connectivity index (χ0v) is 21.0. The topological polar surface area (TPSA) is 15.0 Å². The first kappa shape index (κ1) is 21.0. The van der Waals surface area contributed by atoms with E-state index in [4.69, 9.17) is 0 Å². The molecule has 2 saturated heterocycles. The maximum atomic E-state index is 2.56. The normalized spacial score (nSPS) is 18.5. The van der Waals surface area contributed by atoms with Crippen molar-refractivity contribution in [2.24, 2.45) is 11.8 Å². The minimum Gasteiger partial charge on any atom is -0.371 e. The quantitative estimate of drug-likeness (QED) is 0.279. The van der Waals surface area contributed by atoms with E-state index in [-0.39, 0.29) is 0 Å². The molecule has 0 N–H and O–H groups in total. The van der Waals surface area contributed by atoms with Crippen LogP contribution in [-0.4, -0.2) is 30.6 Å². The van der Waals surface area contributed by atoms with Crippen LogP contribution in [0.4, 0.5) is 11.4 Å². The predicted molar refractivity (Wildman–Crippen MR) is 147 cm³/mol. The molecule has 0 saturated carbocycles. The van der Waals surface area contributed by atoms with Crippen molar-refractivity contribution in [3.05, 3.63) is 66.9 Å². The Kier molecular flexibility index (Phi) is 4.90. The highest BCUT2D eigenvalue weighted by Crippen LogP contribution is 2.29. The number of nitrogens with zero attached hydrogens (tertiary/aromatic N) is 4. The molecule has 0 amide bonds. The predicted octanol–water partition coefficient (Wildman–Crippen LogP) is 6.46. The highest BCUT2D eigenvalue weighted by Gasteiger charge is 2.21. The number of rotatable bonds is 2. The van der Waals surface area contributed by atoms with Gasteiger partial charge in [0.2, 0.25) is 0 Å². The second kappa shape index (κ2) is 8.15. The van der Waals surface area contributed by atoms with Crippen molar-refractivity contribution in [1.29, 1.82) is 0 Å². The van der Waals surface area contributed by atoms with Gasteiger partial charge in [0.25, 0.3) is 5.65 Å². The van der Waals surface area contributed by atoms with Gasteiger partial charge < -0.3 is 9.80 Å². The van der Waals surface area contributed by atoms with Gasteiger partial charge in [-0.3, -0.25) is 0 Å². The molecular formula is C31H35N4+. The number of aromatic nitrogens is 2. The van der Waals surface area contributed by atoms with Gasteiger partial charge in [-0.2, -0.15) is 8.80 Å². The largest absolute Gasteiger partial charge is 0.371 e. The van der Waals surface area contributed by atoms with Crippen molar-refractivity contribution in [1.82, 2.24) is 4.40 Å². The Balaban J connectivity index is 1.31. The zero-order valence-electron chi connectivity index (χ0n) is 21.0. The lowest BCUT2D eigenvalue weighted by Gasteiger charge is -2.32. The molecule has 0 unspecified atom stereocenters. The average Bonchev–Trinajstić information content (AvgIpc) is 3.28. The number of pyridine rings is 2. The summed E-state index contributed by atoms with van der Waals surface area (Å²) in [6.45, 7) is 9.43. The molecule has 178 valence electrons. The molecule has 0 bridgehead atoms. The van der Waals surface area contributed by atoms with Crippen LogP contribution in [0.25, 0.3) is 33.0 Å². The first-order valence-electron chi connectivity index (χ1n) is 13.5. The van der Waals surface area contributed by atoms with Gasteiger partial charge in [-0.05, 0) is 92.1 Å². The summed E-state index contributed by atoms with van der Waals surface area (Å²) in [5.74, 6) is 1.70. The van der Waals surface area contributed by atoms with E-state index in [1.54, 1.807) is 0 Å². The van der Waals surface area contributed by atoms with Crippen molar-refractivity contribution >= 4 is 44.3 Å². The van der Waals surface area contributed by atoms with Gasteiger partial charge in [0.15, 0.2) is 5.52 Å². The van der Waals surface area contributed by atoms with E-state index >= 15 is 0 Å². The van der Waals surface area contributed by atoms with Gasteiger partial charge in [-0.25, -0.2) is 0 Å². The van der Waals surface area contributed by atoms with Crippen LogP contribution in [0.1, 0.15) is 39.5 Å². The van der Waals surface area contributed by atoms with Crippen LogP contribution in [0.3, 0.4) is 0 Å². The molecule has 2 fully saturated rings. The molecule has 0 spiro atoms. The summed E-state index contributed by atoms with van der Waals surface area (Å²) in [4.78, 5) is 5.11. The lowest BCUT2D eigenvalue weighted by molar-refractivity contribution is -0.479. The summed E-state index contributed by atoms with van der Waals surface area (Å²) in [6, 6.07) is 23.2. The van der Waals surface area contributed by atoms with Crippen LogP contribution in [-0.2, 0) is 0 Å². The van der Waals surface area contributed by atoms with Crippen LogP contribution in [0.15, 0.2) is 66.9 Å². The average molecular weight is 464 g/mol. The summed E-state index contributed by atoms with van der Waals surface area (Å²) >= 11 is 0. The molecule has 5 heterocycles. The van der Waals surface area contributed by atoms with E-state index in [1.807, 2.05) is 0 Å². The van der Waals surface area contributed by atoms with Crippen LogP contribution in [0, 0.1) is 11.8 Å². The van der Waals surface area contributed by atoms with Crippen molar-refractivity contribution < 1.29 is 4.40 Å². The van der Waals surface area contributed by atoms with E-state index < -0.39 is 0 Å². The Morgan fingerprint density at radius 1 is 0.657 bits per heavy atom. The van der Waals surface area contributed by atoms with E-state index in [1.165, 1.54) is 96.2 Å².